The van der Waals surface area contributed by atoms with Gasteiger partial charge in [0.15, 0.2) is 29.6 Å². The number of methoxy groups -OCH3 is 2. The van der Waals surface area contributed by atoms with Gasteiger partial charge in [-0.3, -0.25) is 14.9 Å². The number of nitrogens with one attached hydrogen (secondary N) is 3. The Morgan fingerprint density at radius 3 is 2.44 bits per heavy atom. The van der Waals surface area contributed by atoms with E-state index in [9.17, 15) is 24.5 Å². The quantitative estimate of drug-likeness (QED) is 0.0629. The number of rotatable bonds is 16. The van der Waals surface area contributed by atoms with E-state index in [1.807, 2.05) is 6.07 Å². The zero-order valence-electron chi connectivity index (χ0n) is 27.9. The van der Waals surface area contributed by atoms with Gasteiger partial charge in [-0.05, 0) is 73.4 Å². The molecule has 15 heteroatoms. The SMILES string of the molecule is C=CCc1cc(/C=N\NC(=O)COc2ccc([C@@H]3NC(=O)NC(C)=C3C(=O)OCC)cc2OC)cc(OC)c1OCc1ccc([N+](=O)[O-])cc1. The van der Waals surface area contributed by atoms with Gasteiger partial charge in [0.25, 0.3) is 11.6 Å². The van der Waals surface area contributed by atoms with E-state index in [2.05, 4.69) is 27.7 Å². The minimum absolute atomic E-state index is 0.0141. The van der Waals surface area contributed by atoms with E-state index in [-0.39, 0.29) is 36.0 Å². The van der Waals surface area contributed by atoms with Gasteiger partial charge in [-0.2, -0.15) is 5.10 Å². The highest BCUT2D eigenvalue weighted by Crippen LogP contribution is 2.35. The molecule has 50 heavy (non-hydrogen) atoms. The molecule has 3 aromatic carbocycles. The molecule has 3 aromatic rings. The number of hydrazone groups is 1. The lowest BCUT2D eigenvalue weighted by atomic mass is 9.95. The highest BCUT2D eigenvalue weighted by Gasteiger charge is 2.32. The van der Waals surface area contributed by atoms with E-state index in [4.69, 9.17) is 23.7 Å². The first kappa shape index (κ1) is 36.5. The van der Waals surface area contributed by atoms with Crippen LogP contribution < -0.4 is 35.0 Å². The lowest BCUT2D eigenvalue weighted by Gasteiger charge is -2.28. The van der Waals surface area contributed by atoms with E-state index in [0.717, 1.165) is 11.1 Å². The van der Waals surface area contributed by atoms with Crippen LogP contribution in [0.3, 0.4) is 0 Å². The minimum atomic E-state index is -0.801. The molecule has 0 spiro atoms. The number of hydrogen-bond acceptors (Lipinski definition) is 11. The molecule has 1 aliphatic heterocycles. The van der Waals surface area contributed by atoms with Gasteiger partial charge in [0.1, 0.15) is 6.61 Å². The van der Waals surface area contributed by atoms with Gasteiger partial charge in [-0.15, -0.1) is 6.58 Å². The summed E-state index contributed by atoms with van der Waals surface area (Å²) >= 11 is 0. The van der Waals surface area contributed by atoms with Crippen molar-refractivity contribution in [1.82, 2.24) is 16.1 Å². The fourth-order valence-corrected chi connectivity index (χ4v) is 5.01. The summed E-state index contributed by atoms with van der Waals surface area (Å²) in [6.07, 6.45) is 3.58. The number of allylic oxidation sites excluding steroid dienone is 2. The Kier molecular flexibility index (Phi) is 12.5. The van der Waals surface area contributed by atoms with Crippen LogP contribution in [0.15, 0.2) is 83.6 Å². The third-order valence-electron chi connectivity index (χ3n) is 7.32. The largest absolute Gasteiger partial charge is 0.493 e. The molecule has 262 valence electrons. The number of amides is 3. The monoisotopic (exact) mass is 687 g/mol. The maximum absolute atomic E-state index is 12.7. The van der Waals surface area contributed by atoms with Crippen LogP contribution in [0.4, 0.5) is 10.5 Å². The Hall–Kier alpha value is -6.38. The number of ether oxygens (including phenoxy) is 5. The zero-order valence-corrected chi connectivity index (χ0v) is 27.9. The van der Waals surface area contributed by atoms with Gasteiger partial charge >= 0.3 is 12.0 Å². The molecule has 0 bridgehead atoms. The van der Waals surface area contributed by atoms with Crippen LogP contribution >= 0.6 is 0 Å². The maximum Gasteiger partial charge on any atom is 0.338 e. The molecule has 0 aliphatic carbocycles. The highest BCUT2D eigenvalue weighted by molar-refractivity contribution is 5.95. The predicted octanol–water partition coefficient (Wildman–Crippen LogP) is 4.64. The number of nitrogens with zero attached hydrogens (tertiary/aromatic N) is 2. The fourth-order valence-electron chi connectivity index (χ4n) is 5.01. The molecule has 0 radical (unpaired) electrons. The first-order valence-electron chi connectivity index (χ1n) is 15.3. The lowest BCUT2D eigenvalue weighted by Crippen LogP contribution is -2.45. The number of esters is 1. The standard InChI is InChI=1S/C35H37N5O10/c1-6-8-25-15-23(16-29(47-5)33(25)50-19-22-9-12-26(13-10-22)40(44)45)18-36-39-30(41)20-49-27-14-11-24(17-28(27)46-4)32-31(34(42)48-7-2)21(3)37-35(43)38-32/h6,9-18,32H,1,7-8,19-20H2,2-5H3,(H,39,41)(H2,37,38,43)/b36-18-/t32-/m0/s1. The number of urea groups is 1. The summed E-state index contributed by atoms with van der Waals surface area (Å²) < 4.78 is 27.9. The summed E-state index contributed by atoms with van der Waals surface area (Å²) in [5.41, 5.74) is 5.64. The van der Waals surface area contributed by atoms with Crippen molar-refractivity contribution in [2.75, 3.05) is 27.4 Å². The van der Waals surface area contributed by atoms with Gasteiger partial charge in [0.05, 0.1) is 43.6 Å². The van der Waals surface area contributed by atoms with Crippen LogP contribution in [-0.2, 0) is 27.4 Å². The Morgan fingerprint density at radius 1 is 1.04 bits per heavy atom. The molecule has 0 saturated heterocycles. The molecule has 15 nitrogen and oxygen atoms in total. The first-order chi connectivity index (χ1) is 24.1. The van der Waals surface area contributed by atoms with E-state index >= 15 is 0 Å². The molecule has 4 rings (SSSR count). The number of nitro benzene ring substituents is 1. The molecule has 0 saturated carbocycles. The van der Waals surface area contributed by atoms with Crippen molar-refractivity contribution in [2.45, 2.75) is 32.9 Å². The predicted molar refractivity (Wildman–Crippen MR) is 182 cm³/mol. The molecule has 1 heterocycles. The van der Waals surface area contributed by atoms with Crippen LogP contribution in [0.1, 0.15) is 42.1 Å². The molecule has 0 unspecified atom stereocenters. The molecule has 3 N–H and O–H groups in total. The van der Waals surface area contributed by atoms with Crippen LogP contribution in [0.2, 0.25) is 0 Å². The van der Waals surface area contributed by atoms with Crippen LogP contribution in [0, 0.1) is 10.1 Å². The Labute approximate surface area is 288 Å². The molecule has 1 aliphatic rings. The normalized spacial score (nSPS) is 13.9. The fraction of sp³-hybridized carbons (Fsp3) is 0.257. The summed E-state index contributed by atoms with van der Waals surface area (Å²) in [4.78, 5) is 47.9. The van der Waals surface area contributed by atoms with Crippen molar-refractivity contribution in [2.24, 2.45) is 5.10 Å². The molecule has 3 amide bonds. The third-order valence-corrected chi connectivity index (χ3v) is 7.32. The van der Waals surface area contributed by atoms with Crippen molar-refractivity contribution in [3.8, 4) is 23.0 Å². The molecule has 0 fully saturated rings. The Bertz CT molecular complexity index is 1820. The second-order valence-electron chi connectivity index (χ2n) is 10.7. The average Bonchev–Trinajstić information content (AvgIpc) is 3.10. The van der Waals surface area contributed by atoms with Crippen molar-refractivity contribution >= 4 is 29.8 Å². The summed E-state index contributed by atoms with van der Waals surface area (Å²) in [6, 6.07) is 13.1. The van der Waals surface area contributed by atoms with Gasteiger partial charge < -0.3 is 34.3 Å². The van der Waals surface area contributed by atoms with E-state index < -0.39 is 35.5 Å². The topological polar surface area (TPSA) is 189 Å². The van der Waals surface area contributed by atoms with Gasteiger partial charge in [-0.25, -0.2) is 15.0 Å². The first-order valence-corrected chi connectivity index (χ1v) is 15.3. The number of non-ortho nitro benzene ring substituents is 1. The van der Waals surface area contributed by atoms with Crippen LogP contribution in [0.5, 0.6) is 23.0 Å². The van der Waals surface area contributed by atoms with Crippen molar-refractivity contribution in [3.05, 3.63) is 111 Å². The lowest BCUT2D eigenvalue weighted by molar-refractivity contribution is -0.384. The number of nitro groups is 1. The third kappa shape index (κ3) is 9.15. The van der Waals surface area contributed by atoms with Crippen LogP contribution in [-0.4, -0.2) is 56.5 Å². The Balaban J connectivity index is 1.40. The second-order valence-corrected chi connectivity index (χ2v) is 10.7. The summed E-state index contributed by atoms with van der Waals surface area (Å²) in [7, 11) is 2.91. The number of carbonyl (C=O) groups is 3. The number of hydrogen-bond donors (Lipinski definition) is 3. The number of benzene rings is 3. The van der Waals surface area contributed by atoms with E-state index in [0.29, 0.717) is 34.7 Å². The van der Waals surface area contributed by atoms with Gasteiger partial charge in [0.2, 0.25) is 0 Å². The second kappa shape index (κ2) is 17.1. The minimum Gasteiger partial charge on any atom is -0.493 e. The van der Waals surface area contributed by atoms with Crippen molar-refractivity contribution in [1.29, 1.82) is 0 Å². The van der Waals surface area contributed by atoms with Gasteiger partial charge in [-0.1, -0.05) is 12.1 Å². The molecule has 1 atom stereocenters. The molecule has 0 aromatic heterocycles. The van der Waals surface area contributed by atoms with Crippen LogP contribution in [0.25, 0.3) is 0 Å². The highest BCUT2D eigenvalue weighted by atomic mass is 16.6. The Morgan fingerprint density at radius 2 is 1.78 bits per heavy atom. The smallest absolute Gasteiger partial charge is 0.338 e. The molecular formula is C35H37N5O10. The summed E-state index contributed by atoms with van der Waals surface area (Å²) in [6.45, 7) is 7.02. The van der Waals surface area contributed by atoms with E-state index in [1.165, 1.54) is 32.6 Å². The maximum atomic E-state index is 12.7. The van der Waals surface area contributed by atoms with Crippen molar-refractivity contribution < 1.29 is 43.0 Å². The summed E-state index contributed by atoms with van der Waals surface area (Å²) in [5, 5.41) is 20.3. The number of carbonyl (C=O) groups excluding carboxylic acids is 3. The van der Waals surface area contributed by atoms with E-state index in [1.54, 1.807) is 56.3 Å². The average molecular weight is 688 g/mol. The zero-order chi connectivity index (χ0) is 36.2. The van der Waals surface area contributed by atoms with Crippen molar-refractivity contribution in [3.63, 3.8) is 0 Å². The van der Waals surface area contributed by atoms with Gasteiger partial charge in [0, 0.05) is 23.4 Å². The molecular weight excluding hydrogens is 650 g/mol. The summed E-state index contributed by atoms with van der Waals surface area (Å²) in [5.74, 6) is 0.288.